The van der Waals surface area contributed by atoms with E-state index in [0.717, 1.165) is 5.69 Å². The molecule has 0 saturated heterocycles. The van der Waals surface area contributed by atoms with Crippen molar-refractivity contribution in [3.63, 3.8) is 0 Å². The van der Waals surface area contributed by atoms with E-state index in [9.17, 15) is 14.4 Å². The van der Waals surface area contributed by atoms with Crippen LogP contribution in [0.2, 0.25) is 0 Å². The van der Waals surface area contributed by atoms with Crippen LogP contribution in [0.15, 0.2) is 53.5 Å². The van der Waals surface area contributed by atoms with Gasteiger partial charge in [0.1, 0.15) is 11.9 Å². The number of aryl methyl sites for hydroxylation is 2. The largest absolute Gasteiger partial charge is 0.339 e. The third-order valence-electron chi connectivity index (χ3n) is 4.92. The van der Waals surface area contributed by atoms with Crippen LogP contribution in [0.25, 0.3) is 5.69 Å². The lowest BCUT2D eigenvalue weighted by molar-refractivity contribution is -0.120. The van der Waals surface area contributed by atoms with Crippen LogP contribution in [0.4, 0.5) is 5.82 Å². The maximum absolute atomic E-state index is 12.8. The van der Waals surface area contributed by atoms with Gasteiger partial charge < -0.3 is 5.32 Å². The number of nitrogens with zero attached hydrogens (tertiary/aromatic N) is 5. The Morgan fingerprint density at radius 2 is 1.93 bits per heavy atom. The summed E-state index contributed by atoms with van der Waals surface area (Å²) in [6, 6.07) is 11.5. The number of amides is 2. The highest BCUT2D eigenvalue weighted by Crippen LogP contribution is 2.19. The standard InChI is InChI=1S/C20H20N6O3/c1-13-12-16(27)18(23-26(13)14-6-4-3-5-7-14)19(28)22-15-9-11-25-17(8-10-21-25)24(2)20(15)29/h3-8,10,12,15H,9,11H2,1-2H3,(H,22,28). The summed E-state index contributed by atoms with van der Waals surface area (Å²) in [7, 11) is 1.63. The van der Waals surface area contributed by atoms with E-state index in [4.69, 9.17) is 0 Å². The summed E-state index contributed by atoms with van der Waals surface area (Å²) in [5.74, 6) is -0.286. The maximum atomic E-state index is 12.8. The number of nitrogens with one attached hydrogen (secondary N) is 1. The topological polar surface area (TPSA) is 102 Å². The van der Waals surface area contributed by atoms with Gasteiger partial charge in [-0.1, -0.05) is 18.2 Å². The molecule has 0 bridgehead atoms. The number of fused-ring (bicyclic) bond motifs is 1. The summed E-state index contributed by atoms with van der Waals surface area (Å²) >= 11 is 0. The number of carbonyl (C=O) groups excluding carboxylic acids is 2. The fourth-order valence-electron chi connectivity index (χ4n) is 3.40. The van der Waals surface area contributed by atoms with Gasteiger partial charge in [-0.15, -0.1) is 0 Å². The Morgan fingerprint density at radius 3 is 2.69 bits per heavy atom. The number of carbonyl (C=O) groups is 2. The Hall–Kier alpha value is -3.75. The minimum Gasteiger partial charge on any atom is -0.339 e. The first-order valence-corrected chi connectivity index (χ1v) is 9.22. The number of aromatic nitrogens is 4. The van der Waals surface area contributed by atoms with Crippen LogP contribution >= 0.6 is 0 Å². The van der Waals surface area contributed by atoms with Gasteiger partial charge in [-0.3, -0.25) is 19.3 Å². The average Bonchev–Trinajstić information content (AvgIpc) is 3.15. The van der Waals surface area contributed by atoms with Crippen molar-refractivity contribution in [3.8, 4) is 5.69 Å². The molecule has 148 valence electrons. The average molecular weight is 392 g/mol. The minimum atomic E-state index is -0.776. The van der Waals surface area contributed by atoms with Crippen molar-refractivity contribution >= 4 is 17.6 Å². The van der Waals surface area contributed by atoms with Crippen molar-refractivity contribution in [3.05, 3.63) is 70.3 Å². The van der Waals surface area contributed by atoms with Crippen LogP contribution in [-0.2, 0) is 11.3 Å². The van der Waals surface area contributed by atoms with Crippen LogP contribution in [0, 0.1) is 6.92 Å². The smallest absolute Gasteiger partial charge is 0.276 e. The van der Waals surface area contributed by atoms with Gasteiger partial charge in [0.2, 0.25) is 5.43 Å². The van der Waals surface area contributed by atoms with E-state index < -0.39 is 17.4 Å². The molecule has 0 radical (unpaired) electrons. The van der Waals surface area contributed by atoms with Crippen molar-refractivity contribution < 1.29 is 9.59 Å². The highest BCUT2D eigenvalue weighted by atomic mass is 16.2. The molecule has 2 amide bonds. The zero-order valence-electron chi connectivity index (χ0n) is 16.1. The van der Waals surface area contributed by atoms with Gasteiger partial charge >= 0.3 is 0 Å². The Kier molecular flexibility index (Phi) is 4.71. The van der Waals surface area contributed by atoms with E-state index in [1.54, 1.807) is 30.9 Å². The molecule has 0 saturated carbocycles. The first-order chi connectivity index (χ1) is 14.0. The number of anilines is 1. The van der Waals surface area contributed by atoms with Crippen LogP contribution < -0.4 is 15.6 Å². The van der Waals surface area contributed by atoms with E-state index >= 15 is 0 Å². The molecule has 1 aromatic carbocycles. The molecule has 1 aliphatic heterocycles. The van der Waals surface area contributed by atoms with E-state index in [1.165, 1.54) is 15.6 Å². The number of rotatable bonds is 3. The molecule has 0 fully saturated rings. The monoisotopic (exact) mass is 392 g/mol. The molecule has 1 aliphatic rings. The number of hydrogen-bond donors (Lipinski definition) is 1. The lowest BCUT2D eigenvalue weighted by Crippen LogP contribution is -2.48. The Bertz CT molecular complexity index is 1130. The van der Waals surface area contributed by atoms with Crippen LogP contribution in [0.1, 0.15) is 22.6 Å². The van der Waals surface area contributed by atoms with Gasteiger partial charge in [0.25, 0.3) is 11.8 Å². The zero-order chi connectivity index (χ0) is 20.5. The fraction of sp³-hybridized carbons (Fsp3) is 0.250. The first kappa shape index (κ1) is 18.6. The Balaban J connectivity index is 1.61. The number of benzene rings is 1. The molecular weight excluding hydrogens is 372 g/mol. The molecule has 9 nitrogen and oxygen atoms in total. The van der Waals surface area contributed by atoms with Crippen molar-refractivity contribution in [2.45, 2.75) is 25.9 Å². The van der Waals surface area contributed by atoms with Crippen LogP contribution in [0.3, 0.4) is 0 Å². The third kappa shape index (κ3) is 3.42. The molecule has 1 atom stereocenters. The summed E-state index contributed by atoms with van der Waals surface area (Å²) in [5, 5.41) is 11.1. The highest BCUT2D eigenvalue weighted by Gasteiger charge is 2.30. The molecule has 2 aromatic heterocycles. The predicted molar refractivity (Wildman–Crippen MR) is 106 cm³/mol. The normalized spacial score (nSPS) is 16.3. The lowest BCUT2D eigenvalue weighted by Gasteiger charge is -2.20. The first-order valence-electron chi connectivity index (χ1n) is 9.22. The Morgan fingerprint density at radius 1 is 1.17 bits per heavy atom. The molecule has 0 spiro atoms. The van der Waals surface area contributed by atoms with Crippen molar-refractivity contribution in [2.75, 3.05) is 11.9 Å². The summed E-state index contributed by atoms with van der Waals surface area (Å²) < 4.78 is 3.24. The second-order valence-corrected chi connectivity index (χ2v) is 6.87. The summed E-state index contributed by atoms with van der Waals surface area (Å²) in [4.78, 5) is 39.5. The van der Waals surface area contributed by atoms with Gasteiger partial charge in [0, 0.05) is 31.4 Å². The predicted octanol–water partition coefficient (Wildman–Crippen LogP) is 0.903. The number of para-hydroxylation sites is 1. The molecule has 1 unspecified atom stereocenters. The van der Waals surface area contributed by atoms with E-state index in [2.05, 4.69) is 15.5 Å². The maximum Gasteiger partial charge on any atom is 0.276 e. The second kappa shape index (κ2) is 7.34. The van der Waals surface area contributed by atoms with Gasteiger partial charge in [0.15, 0.2) is 5.69 Å². The van der Waals surface area contributed by atoms with Crippen LogP contribution in [-0.4, -0.2) is 44.5 Å². The van der Waals surface area contributed by atoms with Crippen LogP contribution in [0.5, 0.6) is 0 Å². The quantitative estimate of drug-likeness (QED) is 0.714. The van der Waals surface area contributed by atoms with Crippen molar-refractivity contribution in [2.24, 2.45) is 0 Å². The molecule has 3 aromatic rings. The number of hydrogen-bond acceptors (Lipinski definition) is 5. The fourth-order valence-corrected chi connectivity index (χ4v) is 3.40. The molecular formula is C20H20N6O3. The SMILES string of the molecule is Cc1cc(=O)c(C(=O)NC2CCn3nccc3N(C)C2=O)nn1-c1ccccc1. The third-order valence-corrected chi connectivity index (χ3v) is 4.92. The molecule has 4 rings (SSSR count). The van der Waals surface area contributed by atoms with Gasteiger partial charge in [0.05, 0.1) is 11.9 Å². The molecule has 1 N–H and O–H groups in total. The summed E-state index contributed by atoms with van der Waals surface area (Å²) in [5.41, 5.74) is 0.592. The molecule has 9 heteroatoms. The minimum absolute atomic E-state index is 0.253. The molecule has 3 heterocycles. The van der Waals surface area contributed by atoms with Gasteiger partial charge in [-0.25, -0.2) is 9.36 Å². The number of likely N-dealkylation sites (N-methyl/N-ethyl adjacent to an activating group) is 1. The van der Waals surface area contributed by atoms with Crippen molar-refractivity contribution in [1.82, 2.24) is 24.9 Å². The zero-order valence-corrected chi connectivity index (χ0v) is 16.1. The van der Waals surface area contributed by atoms with Gasteiger partial charge in [-0.05, 0) is 25.5 Å². The highest BCUT2D eigenvalue weighted by molar-refractivity contribution is 6.01. The summed E-state index contributed by atoms with van der Waals surface area (Å²) in [6.07, 6.45) is 1.99. The molecule has 0 aliphatic carbocycles. The van der Waals surface area contributed by atoms with E-state index in [1.807, 2.05) is 30.3 Å². The van der Waals surface area contributed by atoms with E-state index in [-0.39, 0.29) is 11.6 Å². The van der Waals surface area contributed by atoms with Crippen molar-refractivity contribution in [1.29, 1.82) is 0 Å². The lowest BCUT2D eigenvalue weighted by atomic mass is 10.1. The summed E-state index contributed by atoms with van der Waals surface area (Å²) in [6.45, 7) is 2.22. The second-order valence-electron chi connectivity index (χ2n) is 6.87. The van der Waals surface area contributed by atoms with E-state index in [0.29, 0.717) is 24.5 Å². The Labute approximate surface area is 166 Å². The van der Waals surface area contributed by atoms with Gasteiger partial charge in [-0.2, -0.15) is 10.2 Å². The molecule has 29 heavy (non-hydrogen) atoms.